The summed E-state index contributed by atoms with van der Waals surface area (Å²) in [6, 6.07) is 4.79. The Morgan fingerprint density at radius 2 is 2.22 bits per heavy atom. The van der Waals surface area contributed by atoms with Crippen LogP contribution in [0.4, 0.5) is 4.39 Å². The van der Waals surface area contributed by atoms with E-state index in [1.165, 1.54) is 17.4 Å². The second kappa shape index (κ2) is 5.27. The number of carbonyl (C=O) groups excluding carboxylic acids is 1. The van der Waals surface area contributed by atoms with Gasteiger partial charge in [0.2, 0.25) is 0 Å². The molecule has 18 heavy (non-hydrogen) atoms. The van der Waals surface area contributed by atoms with E-state index in [0.717, 1.165) is 10.6 Å². The molecule has 0 fully saturated rings. The van der Waals surface area contributed by atoms with Crippen molar-refractivity contribution in [2.75, 3.05) is 0 Å². The maximum atomic E-state index is 13.1. The SMILES string of the molecule is Cc1nc(C(=O)NCc2ccc(F)c(C)c2)cs1. The number of hydrogen-bond acceptors (Lipinski definition) is 3. The molecule has 1 aromatic carbocycles. The smallest absolute Gasteiger partial charge is 0.271 e. The predicted octanol–water partition coefficient (Wildman–Crippen LogP) is 2.83. The summed E-state index contributed by atoms with van der Waals surface area (Å²) in [7, 11) is 0. The fraction of sp³-hybridized carbons (Fsp3) is 0.231. The summed E-state index contributed by atoms with van der Waals surface area (Å²) in [5.41, 5.74) is 1.87. The highest BCUT2D eigenvalue weighted by atomic mass is 32.1. The standard InChI is InChI=1S/C13H13FN2OS/c1-8-5-10(3-4-11(8)14)6-15-13(17)12-7-18-9(2)16-12/h3-5,7H,6H2,1-2H3,(H,15,17). The van der Waals surface area contributed by atoms with Gasteiger partial charge in [0.25, 0.3) is 5.91 Å². The molecule has 2 aromatic rings. The van der Waals surface area contributed by atoms with E-state index in [-0.39, 0.29) is 11.7 Å². The molecule has 0 aliphatic rings. The molecule has 1 heterocycles. The van der Waals surface area contributed by atoms with E-state index in [9.17, 15) is 9.18 Å². The van der Waals surface area contributed by atoms with Crippen molar-refractivity contribution >= 4 is 17.2 Å². The molecule has 0 saturated heterocycles. The fourth-order valence-corrected chi connectivity index (χ4v) is 2.15. The number of halogens is 1. The minimum absolute atomic E-state index is 0.207. The van der Waals surface area contributed by atoms with E-state index < -0.39 is 0 Å². The lowest BCUT2D eigenvalue weighted by Gasteiger charge is -2.05. The molecule has 0 aliphatic carbocycles. The number of hydrogen-bond donors (Lipinski definition) is 1. The van der Waals surface area contributed by atoms with Gasteiger partial charge in [-0.25, -0.2) is 9.37 Å². The molecule has 0 saturated carbocycles. The molecule has 0 radical (unpaired) electrons. The monoisotopic (exact) mass is 264 g/mol. The van der Waals surface area contributed by atoms with Crippen molar-refractivity contribution < 1.29 is 9.18 Å². The van der Waals surface area contributed by atoms with Gasteiger partial charge in [-0.05, 0) is 31.0 Å². The van der Waals surface area contributed by atoms with Gasteiger partial charge < -0.3 is 5.32 Å². The van der Waals surface area contributed by atoms with Gasteiger partial charge in [0.1, 0.15) is 11.5 Å². The number of thiazole rings is 1. The molecule has 1 N–H and O–H groups in total. The largest absolute Gasteiger partial charge is 0.347 e. The van der Waals surface area contributed by atoms with E-state index in [1.807, 2.05) is 6.92 Å². The molecule has 1 amide bonds. The van der Waals surface area contributed by atoms with Gasteiger partial charge in [0, 0.05) is 11.9 Å². The highest BCUT2D eigenvalue weighted by Gasteiger charge is 2.08. The van der Waals surface area contributed by atoms with Gasteiger partial charge in [0.05, 0.1) is 5.01 Å². The summed E-state index contributed by atoms with van der Waals surface area (Å²) < 4.78 is 13.1. The number of carbonyl (C=O) groups is 1. The molecule has 3 nitrogen and oxygen atoms in total. The zero-order valence-electron chi connectivity index (χ0n) is 10.2. The van der Waals surface area contributed by atoms with Gasteiger partial charge in [-0.1, -0.05) is 12.1 Å². The number of nitrogens with one attached hydrogen (secondary N) is 1. The van der Waals surface area contributed by atoms with Crippen LogP contribution in [-0.2, 0) is 6.54 Å². The normalized spacial score (nSPS) is 10.4. The summed E-state index contributed by atoms with van der Waals surface area (Å²) >= 11 is 1.44. The first-order valence-corrected chi connectivity index (χ1v) is 6.39. The number of benzene rings is 1. The molecular weight excluding hydrogens is 251 g/mol. The summed E-state index contributed by atoms with van der Waals surface area (Å²) in [6.07, 6.45) is 0. The Morgan fingerprint density at radius 3 is 2.83 bits per heavy atom. The molecule has 0 atom stereocenters. The predicted molar refractivity (Wildman–Crippen MR) is 69.2 cm³/mol. The van der Waals surface area contributed by atoms with Crippen molar-refractivity contribution in [3.05, 3.63) is 51.2 Å². The van der Waals surface area contributed by atoms with Gasteiger partial charge >= 0.3 is 0 Å². The number of nitrogens with zero attached hydrogens (tertiary/aromatic N) is 1. The highest BCUT2D eigenvalue weighted by Crippen LogP contribution is 2.10. The van der Waals surface area contributed by atoms with Gasteiger partial charge in [-0.2, -0.15) is 0 Å². The van der Waals surface area contributed by atoms with Crippen molar-refractivity contribution in [2.24, 2.45) is 0 Å². The van der Waals surface area contributed by atoms with Crippen LogP contribution in [-0.4, -0.2) is 10.9 Å². The van der Waals surface area contributed by atoms with Crippen molar-refractivity contribution in [3.8, 4) is 0 Å². The Kier molecular flexibility index (Phi) is 3.72. The third-order valence-corrected chi connectivity index (χ3v) is 3.30. The van der Waals surface area contributed by atoms with Crippen LogP contribution >= 0.6 is 11.3 Å². The number of aryl methyl sites for hydroxylation is 2. The minimum Gasteiger partial charge on any atom is -0.347 e. The number of rotatable bonds is 3. The Hall–Kier alpha value is -1.75. The Morgan fingerprint density at radius 1 is 1.44 bits per heavy atom. The molecule has 1 aromatic heterocycles. The lowest BCUT2D eigenvalue weighted by atomic mass is 10.1. The zero-order chi connectivity index (χ0) is 13.1. The molecule has 0 spiro atoms. The molecule has 5 heteroatoms. The van der Waals surface area contributed by atoms with E-state index in [1.54, 1.807) is 24.4 Å². The lowest BCUT2D eigenvalue weighted by molar-refractivity contribution is 0.0946. The summed E-state index contributed by atoms with van der Waals surface area (Å²) in [4.78, 5) is 15.8. The summed E-state index contributed by atoms with van der Waals surface area (Å²) in [5, 5.41) is 5.34. The van der Waals surface area contributed by atoms with Crippen molar-refractivity contribution in [1.82, 2.24) is 10.3 Å². The first kappa shape index (κ1) is 12.7. The topological polar surface area (TPSA) is 42.0 Å². The van der Waals surface area contributed by atoms with Gasteiger partial charge in [-0.15, -0.1) is 11.3 Å². The first-order chi connectivity index (χ1) is 8.56. The lowest BCUT2D eigenvalue weighted by Crippen LogP contribution is -2.23. The van der Waals surface area contributed by atoms with Gasteiger partial charge in [0.15, 0.2) is 0 Å². The molecule has 0 aliphatic heterocycles. The average Bonchev–Trinajstić information content (AvgIpc) is 2.77. The molecule has 0 bridgehead atoms. The van der Waals surface area contributed by atoms with Crippen LogP contribution in [0.1, 0.15) is 26.6 Å². The third-order valence-electron chi connectivity index (χ3n) is 2.53. The van der Waals surface area contributed by atoms with Crippen LogP contribution < -0.4 is 5.32 Å². The molecule has 94 valence electrons. The van der Waals surface area contributed by atoms with Crippen LogP contribution in [0, 0.1) is 19.7 Å². The summed E-state index contributed by atoms with van der Waals surface area (Å²) in [5.74, 6) is -0.443. The van der Waals surface area contributed by atoms with E-state index >= 15 is 0 Å². The maximum absolute atomic E-state index is 13.1. The van der Waals surface area contributed by atoms with Crippen molar-refractivity contribution in [1.29, 1.82) is 0 Å². The number of amides is 1. The fourth-order valence-electron chi connectivity index (χ4n) is 1.56. The van der Waals surface area contributed by atoms with E-state index in [4.69, 9.17) is 0 Å². The van der Waals surface area contributed by atoms with E-state index in [2.05, 4.69) is 10.3 Å². The second-order valence-electron chi connectivity index (χ2n) is 4.02. The second-order valence-corrected chi connectivity index (χ2v) is 5.08. The highest BCUT2D eigenvalue weighted by molar-refractivity contribution is 7.09. The first-order valence-electron chi connectivity index (χ1n) is 5.51. The maximum Gasteiger partial charge on any atom is 0.271 e. The van der Waals surface area contributed by atoms with Crippen molar-refractivity contribution in [2.45, 2.75) is 20.4 Å². The van der Waals surface area contributed by atoms with Crippen LogP contribution in [0.15, 0.2) is 23.6 Å². The van der Waals surface area contributed by atoms with E-state index in [0.29, 0.717) is 17.8 Å². The third kappa shape index (κ3) is 2.92. The molecular formula is C13H13FN2OS. The van der Waals surface area contributed by atoms with Crippen LogP contribution in [0.5, 0.6) is 0 Å². The van der Waals surface area contributed by atoms with Crippen molar-refractivity contribution in [3.63, 3.8) is 0 Å². The Labute approximate surface area is 109 Å². The van der Waals surface area contributed by atoms with Crippen LogP contribution in [0.3, 0.4) is 0 Å². The Balaban J connectivity index is 1.99. The molecule has 2 rings (SSSR count). The molecule has 0 unspecified atom stereocenters. The zero-order valence-corrected chi connectivity index (χ0v) is 11.0. The van der Waals surface area contributed by atoms with Gasteiger partial charge in [-0.3, -0.25) is 4.79 Å². The quantitative estimate of drug-likeness (QED) is 0.926. The Bertz CT molecular complexity index is 580. The van der Waals surface area contributed by atoms with Crippen LogP contribution in [0.25, 0.3) is 0 Å². The average molecular weight is 264 g/mol. The summed E-state index contributed by atoms with van der Waals surface area (Å²) in [6.45, 7) is 3.92. The van der Waals surface area contributed by atoms with Crippen LogP contribution in [0.2, 0.25) is 0 Å². The minimum atomic E-state index is -0.236. The number of aromatic nitrogens is 1.